The molecule has 0 saturated carbocycles. The van der Waals surface area contributed by atoms with Crippen LogP contribution in [0.2, 0.25) is 0 Å². The van der Waals surface area contributed by atoms with Gasteiger partial charge in [0.2, 0.25) is 0 Å². The summed E-state index contributed by atoms with van der Waals surface area (Å²) in [5.41, 5.74) is 2.65. The van der Waals surface area contributed by atoms with Crippen LogP contribution < -0.4 is 5.32 Å². The molecule has 110 valence electrons. The zero-order valence-corrected chi connectivity index (χ0v) is 12.3. The quantitative estimate of drug-likeness (QED) is 0.801. The highest BCUT2D eigenvalue weighted by Crippen LogP contribution is 2.13. The van der Waals surface area contributed by atoms with E-state index in [9.17, 15) is 4.79 Å². The van der Waals surface area contributed by atoms with Crippen molar-refractivity contribution in [2.45, 2.75) is 13.0 Å². The van der Waals surface area contributed by atoms with Crippen molar-refractivity contribution in [1.29, 1.82) is 0 Å². The van der Waals surface area contributed by atoms with Gasteiger partial charge < -0.3 is 5.32 Å². The number of nitrogens with zero attached hydrogens (tertiary/aromatic N) is 2. The minimum absolute atomic E-state index is 0.0282. The zero-order chi connectivity index (χ0) is 15.4. The molecule has 0 aliphatic heterocycles. The lowest BCUT2D eigenvalue weighted by Crippen LogP contribution is -2.26. The van der Waals surface area contributed by atoms with Crippen LogP contribution in [0.25, 0.3) is 5.69 Å². The number of carbonyl (C=O) groups is 1. The lowest BCUT2D eigenvalue weighted by molar-refractivity contribution is 0.0940. The molecule has 2 aromatic carbocycles. The van der Waals surface area contributed by atoms with Gasteiger partial charge in [0.15, 0.2) is 0 Å². The van der Waals surface area contributed by atoms with Gasteiger partial charge in [-0.05, 0) is 42.8 Å². The molecule has 1 aromatic heterocycles. The average Bonchev–Trinajstić information content (AvgIpc) is 3.10. The van der Waals surface area contributed by atoms with E-state index < -0.39 is 0 Å². The van der Waals surface area contributed by atoms with Gasteiger partial charge in [0.1, 0.15) is 0 Å². The molecule has 0 aliphatic carbocycles. The summed E-state index contributed by atoms with van der Waals surface area (Å²) in [4.78, 5) is 12.3. The Morgan fingerprint density at radius 3 is 2.41 bits per heavy atom. The summed E-state index contributed by atoms with van der Waals surface area (Å²) in [7, 11) is 0. The predicted octanol–water partition coefficient (Wildman–Crippen LogP) is 3.36. The zero-order valence-electron chi connectivity index (χ0n) is 12.3. The lowest BCUT2D eigenvalue weighted by Gasteiger charge is -2.14. The molecule has 1 N–H and O–H groups in total. The number of hydrogen-bond donors (Lipinski definition) is 1. The molecule has 3 aromatic rings. The van der Waals surface area contributed by atoms with E-state index in [1.807, 2.05) is 73.8 Å². The van der Waals surface area contributed by atoms with Crippen molar-refractivity contribution in [2.75, 3.05) is 0 Å². The number of hydrogen-bond acceptors (Lipinski definition) is 2. The van der Waals surface area contributed by atoms with E-state index in [1.54, 1.807) is 10.9 Å². The van der Waals surface area contributed by atoms with Crippen LogP contribution >= 0.6 is 0 Å². The molecular formula is C18H17N3O. The molecule has 0 radical (unpaired) electrons. The van der Waals surface area contributed by atoms with E-state index >= 15 is 0 Å². The Hall–Kier alpha value is -2.88. The standard InChI is InChI=1S/C18H17N3O/c1-14(15-6-3-2-4-7-15)20-18(22)16-8-10-17(11-9-16)21-13-5-12-19-21/h2-14H,1H3,(H,20,22). The first-order valence-electron chi connectivity index (χ1n) is 7.20. The summed E-state index contributed by atoms with van der Waals surface area (Å²) < 4.78 is 1.76. The first kappa shape index (κ1) is 14.1. The third-order valence-electron chi connectivity index (χ3n) is 3.55. The Morgan fingerprint density at radius 2 is 1.77 bits per heavy atom. The maximum absolute atomic E-state index is 12.3. The largest absolute Gasteiger partial charge is 0.346 e. The van der Waals surface area contributed by atoms with Gasteiger partial charge in [-0.25, -0.2) is 4.68 Å². The lowest BCUT2D eigenvalue weighted by atomic mass is 10.1. The van der Waals surface area contributed by atoms with Crippen molar-refractivity contribution in [3.8, 4) is 5.69 Å². The van der Waals surface area contributed by atoms with Gasteiger partial charge in [-0.15, -0.1) is 0 Å². The Labute approximate surface area is 129 Å². The van der Waals surface area contributed by atoms with Crippen molar-refractivity contribution in [1.82, 2.24) is 15.1 Å². The molecule has 4 heteroatoms. The molecule has 0 aliphatic rings. The fourth-order valence-electron chi connectivity index (χ4n) is 2.29. The van der Waals surface area contributed by atoms with Crippen LogP contribution in [0.4, 0.5) is 0 Å². The summed E-state index contributed by atoms with van der Waals surface area (Å²) in [5, 5.41) is 7.17. The van der Waals surface area contributed by atoms with Gasteiger partial charge in [-0.1, -0.05) is 30.3 Å². The van der Waals surface area contributed by atoms with E-state index in [-0.39, 0.29) is 11.9 Å². The van der Waals surface area contributed by atoms with Crippen LogP contribution in [0.1, 0.15) is 28.9 Å². The number of benzene rings is 2. The topological polar surface area (TPSA) is 46.9 Å². The molecule has 0 bridgehead atoms. The molecule has 0 saturated heterocycles. The molecule has 1 amide bonds. The van der Waals surface area contributed by atoms with Crippen molar-refractivity contribution in [3.05, 3.63) is 84.2 Å². The minimum Gasteiger partial charge on any atom is -0.346 e. The monoisotopic (exact) mass is 291 g/mol. The van der Waals surface area contributed by atoms with Crippen molar-refractivity contribution >= 4 is 5.91 Å². The second kappa shape index (κ2) is 6.26. The summed E-state index contributed by atoms with van der Waals surface area (Å²) in [5.74, 6) is -0.0802. The first-order chi connectivity index (χ1) is 10.7. The second-order valence-corrected chi connectivity index (χ2v) is 5.10. The third-order valence-corrected chi connectivity index (χ3v) is 3.55. The molecule has 0 spiro atoms. The van der Waals surface area contributed by atoms with Gasteiger partial charge in [0, 0.05) is 18.0 Å². The highest BCUT2D eigenvalue weighted by molar-refractivity contribution is 5.94. The van der Waals surface area contributed by atoms with Crippen LogP contribution in [0.5, 0.6) is 0 Å². The van der Waals surface area contributed by atoms with Crippen LogP contribution in [0.15, 0.2) is 73.1 Å². The van der Waals surface area contributed by atoms with E-state index in [0.717, 1.165) is 11.3 Å². The molecule has 1 atom stereocenters. The number of rotatable bonds is 4. The van der Waals surface area contributed by atoms with Crippen LogP contribution in [-0.2, 0) is 0 Å². The number of amides is 1. The minimum atomic E-state index is -0.0802. The van der Waals surface area contributed by atoms with Crippen molar-refractivity contribution in [2.24, 2.45) is 0 Å². The molecule has 22 heavy (non-hydrogen) atoms. The highest BCUT2D eigenvalue weighted by Gasteiger charge is 2.11. The first-order valence-corrected chi connectivity index (χ1v) is 7.20. The van der Waals surface area contributed by atoms with Crippen LogP contribution in [0.3, 0.4) is 0 Å². The molecule has 0 fully saturated rings. The third kappa shape index (κ3) is 3.06. The normalized spacial score (nSPS) is 11.9. The van der Waals surface area contributed by atoms with Gasteiger partial charge >= 0.3 is 0 Å². The average molecular weight is 291 g/mol. The van der Waals surface area contributed by atoms with Gasteiger partial charge in [-0.3, -0.25) is 4.79 Å². The maximum atomic E-state index is 12.3. The Bertz CT molecular complexity index is 734. The van der Waals surface area contributed by atoms with E-state index in [4.69, 9.17) is 0 Å². The smallest absolute Gasteiger partial charge is 0.251 e. The number of carbonyl (C=O) groups excluding carboxylic acids is 1. The molecule has 4 nitrogen and oxygen atoms in total. The Morgan fingerprint density at radius 1 is 1.05 bits per heavy atom. The predicted molar refractivity (Wildman–Crippen MR) is 85.9 cm³/mol. The van der Waals surface area contributed by atoms with Crippen molar-refractivity contribution in [3.63, 3.8) is 0 Å². The van der Waals surface area contributed by atoms with Gasteiger partial charge in [0.05, 0.1) is 11.7 Å². The summed E-state index contributed by atoms with van der Waals surface area (Å²) in [6, 6.07) is 19.1. The second-order valence-electron chi connectivity index (χ2n) is 5.10. The fourth-order valence-corrected chi connectivity index (χ4v) is 2.29. The van der Waals surface area contributed by atoms with Gasteiger partial charge in [-0.2, -0.15) is 5.10 Å². The molecular weight excluding hydrogens is 274 g/mol. The van der Waals surface area contributed by atoms with Crippen LogP contribution in [-0.4, -0.2) is 15.7 Å². The molecule has 3 rings (SSSR count). The number of nitrogens with one attached hydrogen (secondary N) is 1. The maximum Gasteiger partial charge on any atom is 0.251 e. The van der Waals surface area contributed by atoms with E-state index in [1.165, 1.54) is 0 Å². The fraction of sp³-hybridized carbons (Fsp3) is 0.111. The Balaban J connectivity index is 1.70. The van der Waals surface area contributed by atoms with E-state index in [2.05, 4.69) is 10.4 Å². The summed E-state index contributed by atoms with van der Waals surface area (Å²) in [6.07, 6.45) is 3.59. The number of aromatic nitrogens is 2. The van der Waals surface area contributed by atoms with Crippen LogP contribution in [0, 0.1) is 0 Å². The van der Waals surface area contributed by atoms with Gasteiger partial charge in [0.25, 0.3) is 5.91 Å². The van der Waals surface area contributed by atoms with E-state index in [0.29, 0.717) is 5.56 Å². The van der Waals surface area contributed by atoms with Crippen molar-refractivity contribution < 1.29 is 4.79 Å². The summed E-state index contributed by atoms with van der Waals surface area (Å²) in [6.45, 7) is 1.98. The highest BCUT2D eigenvalue weighted by atomic mass is 16.1. The SMILES string of the molecule is CC(NC(=O)c1ccc(-n2cccn2)cc1)c1ccccc1. The Kier molecular flexibility index (Phi) is 4.01. The molecule has 1 unspecified atom stereocenters. The molecule has 1 heterocycles. The summed E-state index contributed by atoms with van der Waals surface area (Å²) >= 11 is 0.